The monoisotopic (exact) mass is 417 g/mol. The van der Waals surface area contributed by atoms with Crippen molar-refractivity contribution in [2.24, 2.45) is 5.92 Å². The lowest BCUT2D eigenvalue weighted by Gasteiger charge is -2.31. The first kappa shape index (κ1) is 21.4. The lowest BCUT2D eigenvalue weighted by atomic mass is 10.0. The van der Waals surface area contributed by atoms with Crippen LogP contribution in [0.2, 0.25) is 0 Å². The molecule has 0 spiro atoms. The van der Waals surface area contributed by atoms with E-state index in [4.69, 9.17) is 0 Å². The summed E-state index contributed by atoms with van der Waals surface area (Å²) in [6, 6.07) is 6.17. The molecule has 2 aromatic carbocycles. The predicted molar refractivity (Wildman–Crippen MR) is 110 cm³/mol. The Bertz CT molecular complexity index is 1130. The lowest BCUT2D eigenvalue weighted by molar-refractivity contribution is 0.184. The van der Waals surface area contributed by atoms with Crippen LogP contribution >= 0.6 is 0 Å². The number of carbonyl (C=O) groups excluding carboxylic acids is 1. The molecule has 0 fully saturated rings. The molecule has 0 aliphatic heterocycles. The molecule has 2 N–H and O–H groups in total. The van der Waals surface area contributed by atoms with Gasteiger partial charge in [0.1, 0.15) is 5.82 Å². The second kappa shape index (κ2) is 8.61. The lowest BCUT2D eigenvalue weighted by Crippen LogP contribution is -2.39. The minimum Gasteiger partial charge on any atom is -0.328 e. The number of amides is 2. The number of benzene rings is 2. The number of urea groups is 1. The highest BCUT2D eigenvalue weighted by atomic mass is 19.2. The van der Waals surface area contributed by atoms with E-state index in [1.54, 1.807) is 6.92 Å². The van der Waals surface area contributed by atoms with Crippen LogP contribution in [0.15, 0.2) is 47.4 Å². The van der Waals surface area contributed by atoms with Crippen LogP contribution in [0.25, 0.3) is 10.8 Å². The fourth-order valence-electron chi connectivity index (χ4n) is 3.32. The van der Waals surface area contributed by atoms with Gasteiger partial charge < -0.3 is 15.2 Å². The maximum atomic E-state index is 13.9. The first-order chi connectivity index (χ1) is 14.2. The van der Waals surface area contributed by atoms with Gasteiger partial charge in [0.15, 0.2) is 11.6 Å². The summed E-state index contributed by atoms with van der Waals surface area (Å²) >= 11 is 0. The molecule has 1 atom stereocenters. The van der Waals surface area contributed by atoms with Gasteiger partial charge in [-0.05, 0) is 60.2 Å². The quantitative estimate of drug-likeness (QED) is 0.600. The number of anilines is 1. The van der Waals surface area contributed by atoms with Crippen LogP contribution in [0.5, 0.6) is 0 Å². The fraction of sp³-hybridized carbons (Fsp3) is 0.273. The molecule has 0 unspecified atom stereocenters. The van der Waals surface area contributed by atoms with E-state index in [0.717, 1.165) is 12.1 Å². The molecule has 158 valence electrons. The first-order valence-corrected chi connectivity index (χ1v) is 9.51. The Morgan fingerprint density at radius 1 is 1.03 bits per heavy atom. The number of hydrogen-bond acceptors (Lipinski definition) is 2. The Morgan fingerprint density at radius 3 is 2.23 bits per heavy atom. The van der Waals surface area contributed by atoms with Crippen molar-refractivity contribution >= 4 is 22.5 Å². The van der Waals surface area contributed by atoms with Crippen molar-refractivity contribution in [3.63, 3.8) is 0 Å². The number of fused-ring (bicyclic) bond motifs is 1. The Morgan fingerprint density at radius 2 is 1.63 bits per heavy atom. The summed E-state index contributed by atoms with van der Waals surface area (Å²) in [5.41, 5.74) is 0.339. The highest BCUT2D eigenvalue weighted by Crippen LogP contribution is 2.29. The molecule has 0 bridgehead atoms. The van der Waals surface area contributed by atoms with E-state index < -0.39 is 35.1 Å². The number of halogens is 3. The van der Waals surface area contributed by atoms with E-state index in [-0.39, 0.29) is 16.7 Å². The summed E-state index contributed by atoms with van der Waals surface area (Å²) in [5.74, 6) is -2.51. The van der Waals surface area contributed by atoms with Crippen molar-refractivity contribution in [1.29, 1.82) is 0 Å². The number of H-pyrrole nitrogens is 1. The Kier molecular flexibility index (Phi) is 6.14. The summed E-state index contributed by atoms with van der Waals surface area (Å²) in [4.78, 5) is 29.1. The Balaban J connectivity index is 2.01. The number of pyridine rings is 1. The van der Waals surface area contributed by atoms with E-state index in [1.165, 1.54) is 35.4 Å². The Hall–Kier alpha value is -3.29. The molecular formula is C22H22F3N3O2. The molecule has 0 aliphatic rings. The van der Waals surface area contributed by atoms with Gasteiger partial charge in [-0.15, -0.1) is 0 Å². The van der Waals surface area contributed by atoms with Crippen LogP contribution in [0, 0.1) is 23.4 Å². The molecular weight excluding hydrogens is 395 g/mol. The molecule has 3 rings (SSSR count). The van der Waals surface area contributed by atoms with Crippen LogP contribution < -0.4 is 10.9 Å². The summed E-state index contributed by atoms with van der Waals surface area (Å²) in [6.45, 7) is 5.97. The largest absolute Gasteiger partial charge is 0.328 e. The molecule has 5 nitrogen and oxygen atoms in total. The smallest absolute Gasteiger partial charge is 0.322 e. The molecule has 2 amide bonds. The van der Waals surface area contributed by atoms with Crippen LogP contribution in [0.4, 0.5) is 23.7 Å². The highest BCUT2D eigenvalue weighted by Gasteiger charge is 2.25. The molecule has 1 heterocycles. The third kappa shape index (κ3) is 4.48. The molecule has 0 saturated carbocycles. The molecule has 0 radical (unpaired) electrons. The number of hydrogen-bond donors (Lipinski definition) is 2. The average molecular weight is 417 g/mol. The van der Waals surface area contributed by atoms with Crippen molar-refractivity contribution in [2.45, 2.75) is 26.8 Å². The summed E-state index contributed by atoms with van der Waals surface area (Å²) in [7, 11) is 0. The van der Waals surface area contributed by atoms with Gasteiger partial charge in [0.2, 0.25) is 0 Å². The van der Waals surface area contributed by atoms with Crippen molar-refractivity contribution in [3.05, 3.63) is 76.0 Å². The van der Waals surface area contributed by atoms with E-state index >= 15 is 0 Å². The van der Waals surface area contributed by atoms with Crippen LogP contribution in [-0.2, 0) is 0 Å². The summed E-state index contributed by atoms with van der Waals surface area (Å²) in [5, 5.41) is 2.95. The van der Waals surface area contributed by atoms with Crippen molar-refractivity contribution in [3.8, 4) is 0 Å². The van der Waals surface area contributed by atoms with E-state index in [1.807, 2.05) is 13.8 Å². The van der Waals surface area contributed by atoms with Crippen molar-refractivity contribution in [1.82, 2.24) is 9.88 Å². The zero-order valence-electron chi connectivity index (χ0n) is 16.8. The number of carbonyl (C=O) groups is 1. The predicted octanol–water partition coefficient (Wildman–Crippen LogP) is 5.20. The van der Waals surface area contributed by atoms with Gasteiger partial charge in [-0.1, -0.05) is 13.8 Å². The third-order valence-corrected chi connectivity index (χ3v) is 4.81. The standard InChI is InChI=1S/C22H22F3N3O2/c1-12(2)11-28(22(30)27-15-6-4-14(23)5-7-15)13(3)18-10-26-21(29)17-9-20(25)19(24)8-16(17)18/h4-10,12-13H,11H2,1-3H3,(H,26,29)(H,27,30)/t13-/m0/s1. The number of nitrogens with one attached hydrogen (secondary N) is 2. The third-order valence-electron chi connectivity index (χ3n) is 4.81. The minimum absolute atomic E-state index is 0.00156. The maximum absolute atomic E-state index is 13.9. The van der Waals surface area contributed by atoms with E-state index in [9.17, 15) is 22.8 Å². The SMILES string of the molecule is CC(C)CN(C(=O)Nc1ccc(F)cc1)[C@@H](C)c1c[nH]c(=O)c2cc(F)c(F)cc12. The van der Waals surface area contributed by atoms with Gasteiger partial charge in [0.25, 0.3) is 5.56 Å². The van der Waals surface area contributed by atoms with Crippen molar-refractivity contribution in [2.75, 3.05) is 11.9 Å². The molecule has 3 aromatic rings. The van der Waals surface area contributed by atoms with Crippen LogP contribution in [0.3, 0.4) is 0 Å². The second-order valence-electron chi connectivity index (χ2n) is 7.54. The van der Waals surface area contributed by atoms with Gasteiger partial charge in [-0.3, -0.25) is 4.79 Å². The van der Waals surface area contributed by atoms with Gasteiger partial charge in [-0.25, -0.2) is 18.0 Å². The molecule has 1 aromatic heterocycles. The highest BCUT2D eigenvalue weighted by molar-refractivity contribution is 5.91. The molecule has 8 heteroatoms. The minimum atomic E-state index is -1.12. The van der Waals surface area contributed by atoms with E-state index in [0.29, 0.717) is 17.8 Å². The number of aromatic nitrogens is 1. The number of aromatic amines is 1. The molecule has 0 aliphatic carbocycles. The summed E-state index contributed by atoms with van der Waals surface area (Å²) < 4.78 is 40.7. The normalized spacial score (nSPS) is 12.2. The maximum Gasteiger partial charge on any atom is 0.322 e. The zero-order chi connectivity index (χ0) is 22.0. The number of nitrogens with zero attached hydrogens (tertiary/aromatic N) is 1. The van der Waals surface area contributed by atoms with E-state index in [2.05, 4.69) is 10.3 Å². The zero-order valence-corrected chi connectivity index (χ0v) is 16.8. The first-order valence-electron chi connectivity index (χ1n) is 9.51. The fourth-order valence-corrected chi connectivity index (χ4v) is 3.32. The Labute approximate surface area is 171 Å². The summed E-state index contributed by atoms with van der Waals surface area (Å²) in [6.07, 6.45) is 1.41. The van der Waals surface area contributed by atoms with Crippen molar-refractivity contribution < 1.29 is 18.0 Å². The topological polar surface area (TPSA) is 65.2 Å². The van der Waals surface area contributed by atoms with Crippen LogP contribution in [0.1, 0.15) is 32.4 Å². The second-order valence-corrected chi connectivity index (χ2v) is 7.54. The average Bonchev–Trinajstić information content (AvgIpc) is 2.69. The van der Waals surface area contributed by atoms with Gasteiger partial charge in [0.05, 0.1) is 11.4 Å². The van der Waals surface area contributed by atoms with Gasteiger partial charge in [-0.2, -0.15) is 0 Å². The number of rotatable bonds is 5. The van der Waals surface area contributed by atoms with Crippen LogP contribution in [-0.4, -0.2) is 22.5 Å². The van der Waals surface area contributed by atoms with Gasteiger partial charge >= 0.3 is 6.03 Å². The molecule has 30 heavy (non-hydrogen) atoms. The van der Waals surface area contributed by atoms with Gasteiger partial charge in [0, 0.05) is 18.4 Å². The molecule has 0 saturated heterocycles.